The van der Waals surface area contributed by atoms with Crippen LogP contribution >= 0.6 is 0 Å². The molecule has 0 aliphatic heterocycles. The second kappa shape index (κ2) is 11.3. The lowest BCUT2D eigenvalue weighted by Crippen LogP contribution is -2.35. The maximum absolute atomic E-state index is 12.4. The monoisotopic (exact) mass is 416 g/mol. The van der Waals surface area contributed by atoms with Crippen molar-refractivity contribution in [1.29, 1.82) is 0 Å². The summed E-state index contributed by atoms with van der Waals surface area (Å²) in [5, 5.41) is 52.9. The number of amides is 1. The molecule has 9 nitrogen and oxygen atoms in total. The average molecular weight is 416 g/mol. The predicted octanol–water partition coefficient (Wildman–Crippen LogP) is -0.0122. The first-order chi connectivity index (χ1) is 14.3. The number of para-hydroxylation sites is 1. The Morgan fingerprint density at radius 1 is 1.07 bits per heavy atom. The Bertz CT molecular complexity index is 859. The van der Waals surface area contributed by atoms with E-state index in [2.05, 4.69) is 10.6 Å². The Balaban J connectivity index is 1.98. The van der Waals surface area contributed by atoms with E-state index in [1.54, 1.807) is 24.3 Å². The van der Waals surface area contributed by atoms with Crippen molar-refractivity contribution in [2.75, 3.05) is 19.7 Å². The number of nitrogens with one attached hydrogen (secondary N) is 2. The van der Waals surface area contributed by atoms with Crippen molar-refractivity contribution < 1.29 is 35.0 Å². The van der Waals surface area contributed by atoms with Crippen LogP contribution in [0.4, 0.5) is 0 Å². The highest BCUT2D eigenvalue weighted by atomic mass is 16.4. The minimum absolute atomic E-state index is 0.0384. The van der Waals surface area contributed by atoms with E-state index in [0.29, 0.717) is 18.7 Å². The van der Waals surface area contributed by atoms with E-state index in [1.807, 2.05) is 0 Å². The Hall–Kier alpha value is -2.92. The van der Waals surface area contributed by atoms with Crippen molar-refractivity contribution in [2.45, 2.75) is 18.8 Å². The molecule has 1 atom stereocenters. The molecule has 0 saturated heterocycles. The number of hydrogen-bond donors (Lipinski definition) is 7. The summed E-state index contributed by atoms with van der Waals surface area (Å²) < 4.78 is 0. The first-order valence-electron chi connectivity index (χ1n) is 9.42. The highest BCUT2D eigenvalue weighted by Crippen LogP contribution is 2.27. The van der Waals surface area contributed by atoms with Crippen LogP contribution in [0.25, 0.3) is 0 Å². The molecule has 0 heterocycles. The standard InChI is InChI=1S/C20H25BN2O7/c24-9-8-22-11-13-4-6-14(7-5-13)19(26)23-12-16(21(29)30)10-15-2-1-3-17(18(15)25)20(27)28/h1-7,16,22,24-25,29-30H,8-12H2,(H,23,26)(H,27,28)/t16-/m1/s1. The Kier molecular flexibility index (Phi) is 8.81. The number of benzene rings is 2. The normalized spacial score (nSPS) is 11.7. The fourth-order valence-corrected chi connectivity index (χ4v) is 2.91. The highest BCUT2D eigenvalue weighted by molar-refractivity contribution is 6.43. The molecule has 1 amide bonds. The molecule has 160 valence electrons. The van der Waals surface area contributed by atoms with Gasteiger partial charge in [-0.15, -0.1) is 0 Å². The number of rotatable bonds is 11. The van der Waals surface area contributed by atoms with E-state index >= 15 is 0 Å². The van der Waals surface area contributed by atoms with Gasteiger partial charge in [0.2, 0.25) is 0 Å². The topological polar surface area (TPSA) is 159 Å². The zero-order chi connectivity index (χ0) is 22.1. The minimum atomic E-state index is -1.78. The van der Waals surface area contributed by atoms with E-state index in [1.165, 1.54) is 18.2 Å². The summed E-state index contributed by atoms with van der Waals surface area (Å²) in [5.74, 6) is -2.99. The van der Waals surface area contributed by atoms with E-state index in [-0.39, 0.29) is 30.7 Å². The summed E-state index contributed by atoms with van der Waals surface area (Å²) in [5.41, 5.74) is 1.29. The summed E-state index contributed by atoms with van der Waals surface area (Å²) in [6.07, 6.45) is -0.0413. The summed E-state index contributed by atoms with van der Waals surface area (Å²) in [6.45, 7) is 0.974. The lowest BCUT2D eigenvalue weighted by molar-refractivity contribution is 0.0693. The smallest absolute Gasteiger partial charge is 0.456 e. The molecule has 7 N–H and O–H groups in total. The van der Waals surface area contributed by atoms with E-state index in [9.17, 15) is 24.7 Å². The van der Waals surface area contributed by atoms with Crippen molar-refractivity contribution >= 4 is 19.0 Å². The van der Waals surface area contributed by atoms with Crippen LogP contribution in [-0.2, 0) is 13.0 Å². The molecular weight excluding hydrogens is 391 g/mol. The number of aromatic hydroxyl groups is 1. The number of aromatic carboxylic acids is 1. The van der Waals surface area contributed by atoms with Crippen LogP contribution in [0.5, 0.6) is 5.75 Å². The third-order valence-electron chi connectivity index (χ3n) is 4.61. The molecular formula is C20H25BN2O7. The molecule has 0 unspecified atom stereocenters. The van der Waals surface area contributed by atoms with Crippen LogP contribution in [0.2, 0.25) is 5.82 Å². The summed E-state index contributed by atoms with van der Waals surface area (Å²) >= 11 is 0. The van der Waals surface area contributed by atoms with Gasteiger partial charge in [-0.25, -0.2) is 4.79 Å². The van der Waals surface area contributed by atoms with Crippen molar-refractivity contribution in [1.82, 2.24) is 10.6 Å². The van der Waals surface area contributed by atoms with Crippen molar-refractivity contribution in [3.05, 3.63) is 64.7 Å². The Morgan fingerprint density at radius 3 is 2.37 bits per heavy atom. The second-order valence-electron chi connectivity index (χ2n) is 6.80. The summed E-state index contributed by atoms with van der Waals surface area (Å²) in [7, 11) is -1.78. The zero-order valence-electron chi connectivity index (χ0n) is 16.3. The Labute approximate surface area is 174 Å². The quantitative estimate of drug-likeness (QED) is 0.199. The summed E-state index contributed by atoms with van der Waals surface area (Å²) in [6, 6.07) is 11.0. The number of carboxylic acids is 1. The largest absolute Gasteiger partial charge is 0.507 e. The fourth-order valence-electron chi connectivity index (χ4n) is 2.91. The first kappa shape index (κ1) is 23.4. The van der Waals surface area contributed by atoms with Crippen LogP contribution in [-0.4, -0.2) is 64.1 Å². The number of aliphatic hydroxyl groups is 1. The lowest BCUT2D eigenvalue weighted by Gasteiger charge is -2.18. The van der Waals surface area contributed by atoms with Gasteiger partial charge in [0.1, 0.15) is 11.3 Å². The van der Waals surface area contributed by atoms with Crippen molar-refractivity contribution in [3.8, 4) is 5.75 Å². The van der Waals surface area contributed by atoms with Crippen LogP contribution in [0, 0.1) is 0 Å². The van der Waals surface area contributed by atoms with Gasteiger partial charge >= 0.3 is 13.1 Å². The first-order valence-corrected chi connectivity index (χ1v) is 9.42. The van der Waals surface area contributed by atoms with Gasteiger partial charge in [-0.3, -0.25) is 4.79 Å². The van der Waals surface area contributed by atoms with Gasteiger partial charge in [-0.1, -0.05) is 24.3 Å². The minimum Gasteiger partial charge on any atom is -0.507 e. The van der Waals surface area contributed by atoms with Gasteiger partial charge < -0.3 is 36.0 Å². The van der Waals surface area contributed by atoms with E-state index in [0.717, 1.165) is 5.56 Å². The molecule has 2 aromatic rings. The second-order valence-corrected chi connectivity index (χ2v) is 6.80. The third-order valence-corrected chi connectivity index (χ3v) is 4.61. The number of carboxylic acid groups (broad SMARTS) is 1. The van der Waals surface area contributed by atoms with Gasteiger partial charge in [0.25, 0.3) is 5.91 Å². The molecule has 0 spiro atoms. The highest BCUT2D eigenvalue weighted by Gasteiger charge is 2.26. The molecule has 0 radical (unpaired) electrons. The number of carbonyl (C=O) groups excluding carboxylic acids is 1. The van der Waals surface area contributed by atoms with Gasteiger partial charge in [0.15, 0.2) is 0 Å². The van der Waals surface area contributed by atoms with E-state index < -0.39 is 30.6 Å². The van der Waals surface area contributed by atoms with E-state index in [4.69, 9.17) is 10.2 Å². The molecule has 30 heavy (non-hydrogen) atoms. The van der Waals surface area contributed by atoms with Crippen LogP contribution in [0.15, 0.2) is 42.5 Å². The SMILES string of the molecule is O=C(NC[C@@H](Cc1cccc(C(=O)O)c1O)B(O)O)c1ccc(CNCCO)cc1. The van der Waals surface area contributed by atoms with Gasteiger partial charge in [0.05, 0.1) is 6.61 Å². The van der Waals surface area contributed by atoms with Crippen molar-refractivity contribution in [2.24, 2.45) is 0 Å². The maximum Gasteiger partial charge on any atom is 0.456 e. The third kappa shape index (κ3) is 6.56. The molecule has 0 aliphatic carbocycles. The average Bonchev–Trinajstić information content (AvgIpc) is 2.72. The van der Waals surface area contributed by atoms with Crippen molar-refractivity contribution in [3.63, 3.8) is 0 Å². The molecule has 0 fully saturated rings. The maximum atomic E-state index is 12.4. The molecule has 0 aliphatic rings. The number of aliphatic hydroxyl groups excluding tert-OH is 1. The predicted molar refractivity (Wildman–Crippen MR) is 110 cm³/mol. The molecule has 0 bridgehead atoms. The number of phenols is 1. The zero-order valence-corrected chi connectivity index (χ0v) is 16.3. The molecule has 0 saturated carbocycles. The number of hydrogen-bond acceptors (Lipinski definition) is 7. The Morgan fingerprint density at radius 2 is 1.77 bits per heavy atom. The molecule has 0 aromatic heterocycles. The number of carbonyl (C=O) groups is 2. The molecule has 2 aromatic carbocycles. The molecule has 10 heteroatoms. The van der Waals surface area contributed by atoms with Gasteiger partial charge in [-0.2, -0.15) is 0 Å². The van der Waals surface area contributed by atoms with Crippen LogP contribution < -0.4 is 10.6 Å². The van der Waals surface area contributed by atoms with Gasteiger partial charge in [0, 0.05) is 31.0 Å². The fraction of sp³-hybridized carbons (Fsp3) is 0.300. The molecule has 2 rings (SSSR count). The van der Waals surface area contributed by atoms with Crippen LogP contribution in [0.1, 0.15) is 31.8 Å². The lowest BCUT2D eigenvalue weighted by atomic mass is 9.69. The summed E-state index contributed by atoms with van der Waals surface area (Å²) in [4.78, 5) is 23.5. The van der Waals surface area contributed by atoms with Gasteiger partial charge in [-0.05, 0) is 35.7 Å². The van der Waals surface area contributed by atoms with Crippen LogP contribution in [0.3, 0.4) is 0 Å².